The Labute approximate surface area is 163 Å². The third-order valence-electron chi connectivity index (χ3n) is 6.99. The summed E-state index contributed by atoms with van der Waals surface area (Å²) in [6.07, 6.45) is 4.93. The lowest BCUT2D eigenvalue weighted by Crippen LogP contribution is -2.54. The summed E-state index contributed by atoms with van der Waals surface area (Å²) in [6, 6.07) is 12.9. The molecular weight excluding hydrogens is 356 g/mol. The van der Waals surface area contributed by atoms with Crippen molar-refractivity contribution in [1.29, 1.82) is 0 Å². The highest BCUT2D eigenvalue weighted by Crippen LogP contribution is 2.72. The van der Waals surface area contributed by atoms with E-state index in [4.69, 9.17) is 4.74 Å². The molecule has 2 fully saturated rings. The Hall–Kier alpha value is -1.81. The molecule has 0 unspecified atom stereocenters. The quantitative estimate of drug-likeness (QED) is 0.700. The van der Waals surface area contributed by atoms with Crippen molar-refractivity contribution in [3.63, 3.8) is 0 Å². The topological polar surface area (TPSA) is 43.4 Å². The third kappa shape index (κ3) is 2.16. The van der Waals surface area contributed by atoms with Gasteiger partial charge in [-0.15, -0.1) is 11.8 Å². The Morgan fingerprint density at radius 1 is 1.22 bits per heavy atom. The summed E-state index contributed by atoms with van der Waals surface area (Å²) in [7, 11) is 0. The Balaban J connectivity index is 1.69. The van der Waals surface area contributed by atoms with E-state index >= 15 is 0 Å². The van der Waals surface area contributed by atoms with Crippen molar-refractivity contribution in [3.8, 4) is 0 Å². The van der Waals surface area contributed by atoms with E-state index in [0.29, 0.717) is 25.2 Å². The smallest absolute Gasteiger partial charge is 0.306 e. The van der Waals surface area contributed by atoms with Crippen molar-refractivity contribution in [2.45, 2.75) is 60.5 Å². The molecule has 0 radical (unpaired) electrons. The predicted molar refractivity (Wildman–Crippen MR) is 107 cm³/mol. The summed E-state index contributed by atoms with van der Waals surface area (Å²) in [4.78, 5) is 27.0. The van der Waals surface area contributed by atoms with Gasteiger partial charge in [-0.1, -0.05) is 30.3 Å². The number of fused-ring (bicyclic) bond motifs is 3. The van der Waals surface area contributed by atoms with Crippen LogP contribution in [-0.2, 0) is 19.7 Å². The first-order chi connectivity index (χ1) is 13.1. The molecule has 0 N–H and O–H groups in total. The number of ketones is 1. The van der Waals surface area contributed by atoms with Gasteiger partial charge in [0.2, 0.25) is 0 Å². The number of ether oxygens (including phenoxy) is 1. The van der Waals surface area contributed by atoms with Crippen LogP contribution >= 0.6 is 11.8 Å². The number of rotatable bonds is 3. The number of hydrogen-bond donors (Lipinski definition) is 0. The van der Waals surface area contributed by atoms with Crippen LogP contribution < -0.4 is 0 Å². The van der Waals surface area contributed by atoms with Gasteiger partial charge < -0.3 is 4.74 Å². The first-order valence-corrected chi connectivity index (χ1v) is 10.8. The minimum absolute atomic E-state index is 0.0699. The molecule has 0 aromatic heterocycles. The molecule has 2 aromatic carbocycles. The van der Waals surface area contributed by atoms with Crippen molar-refractivity contribution in [2.24, 2.45) is 5.92 Å². The van der Waals surface area contributed by atoms with Crippen LogP contribution in [0.2, 0.25) is 0 Å². The monoisotopic (exact) mass is 380 g/mol. The molecule has 2 saturated carbocycles. The molecule has 3 nitrogen and oxygen atoms in total. The fourth-order valence-corrected chi connectivity index (χ4v) is 8.06. The number of benzene rings is 2. The Morgan fingerprint density at radius 3 is 2.93 bits per heavy atom. The van der Waals surface area contributed by atoms with E-state index in [1.165, 1.54) is 21.2 Å². The first kappa shape index (κ1) is 17.3. The molecule has 3 aliphatic rings. The fraction of sp³-hybridized carbons (Fsp3) is 0.478. The number of esters is 1. The minimum atomic E-state index is -0.482. The van der Waals surface area contributed by atoms with Crippen LogP contribution in [0.3, 0.4) is 0 Å². The maximum atomic E-state index is 13.5. The minimum Gasteiger partial charge on any atom is -0.466 e. The summed E-state index contributed by atoms with van der Waals surface area (Å²) < 4.78 is 4.77. The zero-order valence-electron chi connectivity index (χ0n) is 15.6. The summed E-state index contributed by atoms with van der Waals surface area (Å²) in [5, 5.41) is 2.53. The highest BCUT2D eigenvalue weighted by molar-refractivity contribution is 8.02. The predicted octanol–water partition coefficient (Wildman–Crippen LogP) is 5.04. The molecule has 4 heteroatoms. The average molecular weight is 381 g/mol. The van der Waals surface area contributed by atoms with E-state index in [1.807, 2.05) is 6.92 Å². The van der Waals surface area contributed by atoms with Crippen LogP contribution in [-0.4, -0.2) is 23.1 Å². The highest BCUT2D eigenvalue weighted by atomic mass is 32.2. The van der Waals surface area contributed by atoms with Gasteiger partial charge in [-0.25, -0.2) is 0 Å². The van der Waals surface area contributed by atoms with Crippen LogP contribution in [0.5, 0.6) is 0 Å². The molecule has 3 atom stereocenters. The lowest BCUT2D eigenvalue weighted by Gasteiger charge is -2.46. The van der Waals surface area contributed by atoms with Crippen LogP contribution in [0.4, 0.5) is 0 Å². The van der Waals surface area contributed by atoms with Gasteiger partial charge >= 0.3 is 5.97 Å². The van der Waals surface area contributed by atoms with Gasteiger partial charge in [-0.3, -0.25) is 9.59 Å². The maximum Gasteiger partial charge on any atom is 0.306 e. The van der Waals surface area contributed by atoms with Gasteiger partial charge in [-0.05, 0) is 60.9 Å². The van der Waals surface area contributed by atoms with Gasteiger partial charge in [0.25, 0.3) is 0 Å². The van der Waals surface area contributed by atoms with Crippen molar-refractivity contribution >= 4 is 34.3 Å². The lowest BCUT2D eigenvalue weighted by atomic mass is 9.61. The third-order valence-corrected chi connectivity index (χ3v) is 8.82. The summed E-state index contributed by atoms with van der Waals surface area (Å²) in [6.45, 7) is 2.24. The van der Waals surface area contributed by atoms with Crippen molar-refractivity contribution in [2.75, 3.05) is 6.61 Å². The summed E-state index contributed by atoms with van der Waals surface area (Å²) >= 11 is 1.76. The molecule has 0 amide bonds. The molecule has 1 aliphatic heterocycles. The molecule has 2 aromatic rings. The van der Waals surface area contributed by atoms with Gasteiger partial charge in [0.05, 0.1) is 17.8 Å². The van der Waals surface area contributed by atoms with Crippen LogP contribution in [0.25, 0.3) is 10.8 Å². The lowest BCUT2D eigenvalue weighted by molar-refractivity contribution is -0.144. The van der Waals surface area contributed by atoms with Crippen molar-refractivity contribution in [1.82, 2.24) is 0 Å². The van der Waals surface area contributed by atoms with E-state index in [9.17, 15) is 9.59 Å². The highest BCUT2D eigenvalue weighted by Gasteiger charge is 2.70. The number of Topliss-reactive ketones (excluding diaryl/α,β-unsaturated/α-hetero) is 1. The van der Waals surface area contributed by atoms with E-state index < -0.39 is 4.75 Å². The Morgan fingerprint density at radius 2 is 2.07 bits per heavy atom. The second kappa shape index (κ2) is 6.10. The molecule has 0 spiro atoms. The molecule has 0 saturated heterocycles. The fourth-order valence-electron chi connectivity index (χ4n) is 6.09. The van der Waals surface area contributed by atoms with Crippen molar-refractivity contribution < 1.29 is 14.3 Å². The average Bonchev–Trinajstić information content (AvgIpc) is 3.14. The molecule has 5 rings (SSSR count). The number of hydrogen-bond acceptors (Lipinski definition) is 4. The molecule has 2 aliphatic carbocycles. The standard InChI is InChI=1S/C23H24O3S/c1-2-26-20(25)14-16-11-13-22-12-5-8-19(24)23(16,22)27-18-10-9-15-6-3-4-7-17(15)21(18)22/h3-4,6-7,9-10,16H,2,5,8,11-14H2,1H3/t16-,22+,23-/m1/s1. The Kier molecular flexibility index (Phi) is 3.91. The maximum absolute atomic E-state index is 13.5. The Bertz CT molecular complexity index is 952. The molecule has 0 bridgehead atoms. The summed E-state index contributed by atoms with van der Waals surface area (Å²) in [5.41, 5.74) is 1.25. The zero-order chi connectivity index (χ0) is 18.6. The van der Waals surface area contributed by atoms with Gasteiger partial charge in [0, 0.05) is 16.7 Å². The van der Waals surface area contributed by atoms with E-state index in [1.54, 1.807) is 11.8 Å². The molecule has 1 heterocycles. The van der Waals surface area contributed by atoms with Gasteiger partial charge in [0.15, 0.2) is 0 Å². The zero-order valence-corrected chi connectivity index (χ0v) is 16.4. The largest absolute Gasteiger partial charge is 0.466 e. The summed E-state index contributed by atoms with van der Waals surface area (Å²) in [5.74, 6) is 0.263. The SMILES string of the molecule is CCOC(=O)C[C@H]1CC[C@]23CCCC(=O)[C@]12Sc1ccc2ccccc2c13. The van der Waals surface area contributed by atoms with E-state index in [-0.39, 0.29) is 17.3 Å². The molecular formula is C23H24O3S. The first-order valence-electron chi connectivity index (χ1n) is 10.0. The number of thioether (sulfide) groups is 1. The molecule has 27 heavy (non-hydrogen) atoms. The molecule has 140 valence electrons. The second-order valence-corrected chi connectivity index (χ2v) is 9.39. The number of carbonyl (C=O) groups excluding carboxylic acids is 2. The number of carbonyl (C=O) groups is 2. The van der Waals surface area contributed by atoms with E-state index in [2.05, 4.69) is 36.4 Å². The second-order valence-electron chi connectivity index (χ2n) is 8.10. The van der Waals surface area contributed by atoms with Crippen LogP contribution in [0.1, 0.15) is 51.0 Å². The van der Waals surface area contributed by atoms with E-state index in [0.717, 1.165) is 25.7 Å². The van der Waals surface area contributed by atoms with Crippen LogP contribution in [0, 0.1) is 5.92 Å². The van der Waals surface area contributed by atoms with Crippen molar-refractivity contribution in [3.05, 3.63) is 42.0 Å². The van der Waals surface area contributed by atoms with Crippen LogP contribution in [0.15, 0.2) is 41.3 Å². The normalized spacial score (nSPS) is 31.4. The van der Waals surface area contributed by atoms with Gasteiger partial charge in [-0.2, -0.15) is 0 Å². The van der Waals surface area contributed by atoms with Gasteiger partial charge in [0.1, 0.15) is 5.78 Å².